The van der Waals surface area contributed by atoms with Gasteiger partial charge in [-0.3, -0.25) is 0 Å². The number of carbonyl (C=O) groups excluding carboxylic acids is 1. The summed E-state index contributed by atoms with van der Waals surface area (Å²) in [6.45, 7) is 0. The van der Waals surface area contributed by atoms with Gasteiger partial charge in [0, 0.05) is 24.2 Å². The second-order valence-corrected chi connectivity index (χ2v) is 4.05. The molecular formula is C13H16N2O3. The summed E-state index contributed by atoms with van der Waals surface area (Å²) in [6, 6.07) is 6.81. The van der Waals surface area contributed by atoms with Crippen LogP contribution in [-0.2, 0) is 16.6 Å². The number of benzene rings is 1. The third-order valence-corrected chi connectivity index (χ3v) is 3.06. The summed E-state index contributed by atoms with van der Waals surface area (Å²) in [6.07, 6.45) is 0. The highest BCUT2D eigenvalue weighted by Crippen LogP contribution is 2.26. The zero-order chi connectivity index (χ0) is 13.3. The summed E-state index contributed by atoms with van der Waals surface area (Å²) in [5, 5.41) is 1.01. The lowest BCUT2D eigenvalue weighted by Crippen LogP contribution is -2.24. The Morgan fingerprint density at radius 2 is 2.06 bits per heavy atom. The quantitative estimate of drug-likeness (QED) is 0.833. The molecule has 0 aliphatic rings. The fourth-order valence-electron chi connectivity index (χ4n) is 2.00. The van der Waals surface area contributed by atoms with Crippen molar-refractivity contribution >= 4 is 16.9 Å². The average Bonchev–Trinajstić information content (AvgIpc) is 2.73. The second-order valence-electron chi connectivity index (χ2n) is 4.05. The predicted octanol–water partition coefficient (Wildman–Crippen LogP) is 1.36. The van der Waals surface area contributed by atoms with Crippen molar-refractivity contribution in [3.63, 3.8) is 0 Å². The smallest absolute Gasteiger partial charge is 0.328 e. The van der Waals surface area contributed by atoms with E-state index in [2.05, 4.69) is 4.74 Å². The molecule has 0 amide bonds. The van der Waals surface area contributed by atoms with Crippen molar-refractivity contribution in [1.82, 2.24) is 4.57 Å². The number of nitrogens with two attached hydrogens (primary N) is 1. The first kappa shape index (κ1) is 12.4. The van der Waals surface area contributed by atoms with Crippen LogP contribution in [0.1, 0.15) is 11.7 Å². The normalized spacial score (nSPS) is 12.4. The molecule has 0 aliphatic carbocycles. The van der Waals surface area contributed by atoms with E-state index in [-0.39, 0.29) is 0 Å². The van der Waals surface area contributed by atoms with Gasteiger partial charge in [0.25, 0.3) is 0 Å². The van der Waals surface area contributed by atoms with Crippen LogP contribution in [-0.4, -0.2) is 24.8 Å². The average molecular weight is 248 g/mol. The van der Waals surface area contributed by atoms with E-state index in [1.807, 2.05) is 35.9 Å². The highest BCUT2D eigenvalue weighted by Gasteiger charge is 2.20. The Morgan fingerprint density at radius 3 is 2.67 bits per heavy atom. The number of rotatable bonds is 3. The summed E-state index contributed by atoms with van der Waals surface area (Å²) in [7, 11) is 4.80. The fourth-order valence-corrected chi connectivity index (χ4v) is 2.00. The number of esters is 1. The largest absolute Gasteiger partial charge is 0.497 e. The van der Waals surface area contributed by atoms with Crippen molar-refractivity contribution < 1.29 is 14.3 Å². The van der Waals surface area contributed by atoms with Gasteiger partial charge in [-0.15, -0.1) is 0 Å². The van der Waals surface area contributed by atoms with Gasteiger partial charge in [-0.1, -0.05) is 0 Å². The molecule has 0 radical (unpaired) electrons. The lowest BCUT2D eigenvalue weighted by molar-refractivity contribution is -0.142. The Balaban J connectivity index is 2.53. The van der Waals surface area contributed by atoms with Crippen LogP contribution < -0.4 is 10.5 Å². The molecule has 5 heteroatoms. The maximum Gasteiger partial charge on any atom is 0.328 e. The highest BCUT2D eigenvalue weighted by atomic mass is 16.5. The molecule has 2 N–H and O–H groups in total. The number of carbonyl (C=O) groups is 1. The molecule has 96 valence electrons. The molecule has 1 atom stereocenters. The maximum absolute atomic E-state index is 11.5. The molecule has 0 spiro atoms. The third kappa shape index (κ3) is 1.93. The minimum atomic E-state index is -0.779. The van der Waals surface area contributed by atoms with Crippen molar-refractivity contribution in [2.24, 2.45) is 12.8 Å². The molecule has 0 aliphatic heterocycles. The Hall–Kier alpha value is -2.01. The summed E-state index contributed by atoms with van der Waals surface area (Å²) in [5.41, 5.74) is 7.53. The highest BCUT2D eigenvalue weighted by molar-refractivity contribution is 5.86. The molecule has 0 saturated heterocycles. The van der Waals surface area contributed by atoms with Crippen LogP contribution in [0.5, 0.6) is 5.75 Å². The molecular weight excluding hydrogens is 232 g/mol. The zero-order valence-electron chi connectivity index (χ0n) is 10.6. The van der Waals surface area contributed by atoms with E-state index in [1.165, 1.54) is 7.11 Å². The molecule has 1 unspecified atom stereocenters. The lowest BCUT2D eigenvalue weighted by Gasteiger charge is -2.10. The minimum Gasteiger partial charge on any atom is -0.497 e. The van der Waals surface area contributed by atoms with E-state index in [9.17, 15) is 4.79 Å². The van der Waals surface area contributed by atoms with Gasteiger partial charge in [0.15, 0.2) is 0 Å². The topological polar surface area (TPSA) is 66.5 Å². The van der Waals surface area contributed by atoms with Gasteiger partial charge in [0.2, 0.25) is 0 Å². The molecule has 0 fully saturated rings. The minimum absolute atomic E-state index is 0.451. The molecule has 1 aromatic heterocycles. The van der Waals surface area contributed by atoms with Gasteiger partial charge >= 0.3 is 5.97 Å². The first-order chi connectivity index (χ1) is 8.58. The van der Waals surface area contributed by atoms with E-state index in [4.69, 9.17) is 10.5 Å². The van der Waals surface area contributed by atoms with Crippen molar-refractivity contribution in [2.45, 2.75) is 6.04 Å². The van der Waals surface area contributed by atoms with E-state index in [0.29, 0.717) is 5.69 Å². The third-order valence-electron chi connectivity index (χ3n) is 3.06. The standard InChI is InChI=1S/C13H16N2O3/c1-15-10-7-9(17-2)5-4-8(10)6-11(15)12(14)13(16)18-3/h4-7,12H,14H2,1-3H3. The van der Waals surface area contributed by atoms with Crippen LogP contribution in [0, 0.1) is 0 Å². The van der Waals surface area contributed by atoms with Crippen molar-refractivity contribution in [3.8, 4) is 5.75 Å². The number of aromatic nitrogens is 1. The van der Waals surface area contributed by atoms with Crippen LogP contribution >= 0.6 is 0 Å². The Morgan fingerprint density at radius 1 is 1.33 bits per heavy atom. The van der Waals surface area contributed by atoms with E-state index < -0.39 is 12.0 Å². The zero-order valence-corrected chi connectivity index (χ0v) is 10.6. The van der Waals surface area contributed by atoms with Crippen LogP contribution in [0.25, 0.3) is 10.9 Å². The molecule has 0 saturated carbocycles. The number of ether oxygens (including phenoxy) is 2. The summed E-state index contributed by atoms with van der Waals surface area (Å²) in [4.78, 5) is 11.5. The first-order valence-corrected chi connectivity index (χ1v) is 5.55. The van der Waals surface area contributed by atoms with Gasteiger partial charge in [0.1, 0.15) is 11.8 Å². The molecule has 1 heterocycles. The van der Waals surface area contributed by atoms with Gasteiger partial charge < -0.3 is 19.8 Å². The van der Waals surface area contributed by atoms with Crippen molar-refractivity contribution in [1.29, 1.82) is 0 Å². The van der Waals surface area contributed by atoms with Gasteiger partial charge in [-0.25, -0.2) is 4.79 Å². The maximum atomic E-state index is 11.5. The fraction of sp³-hybridized carbons (Fsp3) is 0.308. The van der Waals surface area contributed by atoms with Gasteiger partial charge in [-0.05, 0) is 18.2 Å². The van der Waals surface area contributed by atoms with Crippen LogP contribution in [0.15, 0.2) is 24.3 Å². The van der Waals surface area contributed by atoms with Gasteiger partial charge in [-0.2, -0.15) is 0 Å². The summed E-state index contributed by atoms with van der Waals surface area (Å²) in [5.74, 6) is 0.315. The molecule has 0 bridgehead atoms. The van der Waals surface area contributed by atoms with Crippen molar-refractivity contribution in [2.75, 3.05) is 14.2 Å². The van der Waals surface area contributed by atoms with Crippen LogP contribution in [0.3, 0.4) is 0 Å². The number of nitrogens with zero attached hydrogens (tertiary/aromatic N) is 1. The Bertz CT molecular complexity index is 589. The first-order valence-electron chi connectivity index (χ1n) is 5.55. The molecule has 1 aromatic carbocycles. The van der Waals surface area contributed by atoms with Crippen molar-refractivity contribution in [3.05, 3.63) is 30.0 Å². The lowest BCUT2D eigenvalue weighted by atomic mass is 10.2. The van der Waals surface area contributed by atoms with E-state index >= 15 is 0 Å². The van der Waals surface area contributed by atoms with Gasteiger partial charge in [0.05, 0.1) is 19.7 Å². The molecule has 2 aromatic rings. The van der Waals surface area contributed by atoms with Crippen LogP contribution in [0.2, 0.25) is 0 Å². The van der Waals surface area contributed by atoms with Crippen LogP contribution in [0.4, 0.5) is 0 Å². The number of hydrogen-bond acceptors (Lipinski definition) is 4. The summed E-state index contributed by atoms with van der Waals surface area (Å²) < 4.78 is 11.7. The number of aryl methyl sites for hydroxylation is 1. The Kier molecular flexibility index (Phi) is 3.25. The molecule has 5 nitrogen and oxygen atoms in total. The summed E-state index contributed by atoms with van der Waals surface area (Å²) >= 11 is 0. The number of methoxy groups -OCH3 is 2. The number of fused-ring (bicyclic) bond motifs is 1. The predicted molar refractivity (Wildman–Crippen MR) is 68.4 cm³/mol. The van der Waals surface area contributed by atoms with E-state index in [1.54, 1.807) is 7.11 Å². The Labute approximate surface area is 105 Å². The number of hydrogen-bond donors (Lipinski definition) is 1. The van der Waals surface area contributed by atoms with E-state index in [0.717, 1.165) is 16.7 Å². The second kappa shape index (κ2) is 4.70. The monoisotopic (exact) mass is 248 g/mol. The molecule has 2 rings (SSSR count). The SMILES string of the molecule is COC(=O)C(N)c1cc2ccc(OC)cc2n1C. The molecule has 18 heavy (non-hydrogen) atoms.